The Hall–Kier alpha value is -1.08. The van der Waals surface area contributed by atoms with Gasteiger partial charge in [0.25, 0.3) is 0 Å². The summed E-state index contributed by atoms with van der Waals surface area (Å²) < 4.78 is 7.93. The summed E-state index contributed by atoms with van der Waals surface area (Å²) in [4.78, 5) is 14.2. The predicted molar refractivity (Wildman–Crippen MR) is 89.5 cm³/mol. The molecule has 0 saturated carbocycles. The van der Waals surface area contributed by atoms with Gasteiger partial charge in [0.05, 0.1) is 18.4 Å². The van der Waals surface area contributed by atoms with Crippen molar-refractivity contribution in [2.45, 2.75) is 63.3 Å². The van der Waals surface area contributed by atoms with Crippen molar-refractivity contribution in [1.29, 1.82) is 0 Å². The fourth-order valence-electron chi connectivity index (χ4n) is 3.19. The van der Waals surface area contributed by atoms with Gasteiger partial charge >= 0.3 is 0 Å². The third-order valence-electron chi connectivity index (χ3n) is 4.46. The molecule has 23 heavy (non-hydrogen) atoms. The molecule has 0 aliphatic carbocycles. The fraction of sp³-hybridized carbons (Fsp3) is 0.812. The zero-order valence-electron chi connectivity index (χ0n) is 13.9. The second-order valence-corrected chi connectivity index (χ2v) is 7.21. The summed E-state index contributed by atoms with van der Waals surface area (Å²) >= 11 is 1.51. The predicted octanol–water partition coefficient (Wildman–Crippen LogP) is 2.12. The average Bonchev–Trinajstić information content (AvgIpc) is 3.29. The molecule has 1 atom stereocenters. The molecule has 0 aromatic carbocycles. The summed E-state index contributed by atoms with van der Waals surface area (Å²) in [6, 6.07) is 0. The Balaban J connectivity index is 1.63. The minimum Gasteiger partial charge on any atom is -0.376 e. The maximum absolute atomic E-state index is 12.2. The molecule has 0 N–H and O–H groups in total. The molecule has 1 amide bonds. The largest absolute Gasteiger partial charge is 0.376 e. The van der Waals surface area contributed by atoms with Crippen LogP contribution in [-0.2, 0) is 22.5 Å². The molecule has 0 unspecified atom stereocenters. The lowest BCUT2D eigenvalue weighted by atomic mass is 10.2. The third-order valence-corrected chi connectivity index (χ3v) is 5.41. The maximum Gasteiger partial charge on any atom is 0.233 e. The van der Waals surface area contributed by atoms with Crippen molar-refractivity contribution >= 4 is 17.7 Å². The highest BCUT2D eigenvalue weighted by atomic mass is 32.2. The van der Waals surface area contributed by atoms with Crippen molar-refractivity contribution in [3.05, 3.63) is 5.82 Å². The van der Waals surface area contributed by atoms with Crippen LogP contribution in [0.25, 0.3) is 0 Å². The number of carbonyl (C=O) groups is 1. The second kappa shape index (κ2) is 8.15. The van der Waals surface area contributed by atoms with E-state index in [4.69, 9.17) is 4.74 Å². The average molecular weight is 338 g/mol. The van der Waals surface area contributed by atoms with Crippen molar-refractivity contribution < 1.29 is 9.53 Å². The molecule has 0 bridgehead atoms. The van der Waals surface area contributed by atoms with Crippen LogP contribution in [0.1, 0.15) is 44.9 Å². The van der Waals surface area contributed by atoms with Gasteiger partial charge in [-0.3, -0.25) is 4.79 Å². The van der Waals surface area contributed by atoms with Gasteiger partial charge in [-0.1, -0.05) is 18.7 Å². The summed E-state index contributed by atoms with van der Waals surface area (Å²) in [5.41, 5.74) is 0. The number of likely N-dealkylation sites (tertiary alicyclic amines) is 1. The van der Waals surface area contributed by atoms with Crippen molar-refractivity contribution in [3.63, 3.8) is 0 Å². The monoisotopic (exact) mass is 338 g/mol. The highest BCUT2D eigenvalue weighted by Crippen LogP contribution is 2.22. The minimum atomic E-state index is 0.219. The van der Waals surface area contributed by atoms with Crippen LogP contribution in [0.3, 0.4) is 0 Å². The Morgan fingerprint density at radius 3 is 2.83 bits per heavy atom. The van der Waals surface area contributed by atoms with Crippen LogP contribution in [0.2, 0.25) is 0 Å². The van der Waals surface area contributed by atoms with E-state index in [0.29, 0.717) is 5.75 Å². The molecule has 128 valence electrons. The van der Waals surface area contributed by atoms with Crippen molar-refractivity contribution in [2.24, 2.45) is 0 Å². The van der Waals surface area contributed by atoms with E-state index in [1.54, 1.807) is 0 Å². The lowest BCUT2D eigenvalue weighted by Crippen LogP contribution is -2.29. The number of aryl methyl sites for hydroxylation is 1. The van der Waals surface area contributed by atoms with Gasteiger partial charge in [0.1, 0.15) is 5.82 Å². The van der Waals surface area contributed by atoms with Crippen LogP contribution in [0, 0.1) is 0 Å². The fourth-order valence-corrected chi connectivity index (χ4v) is 4.06. The highest BCUT2D eigenvalue weighted by Gasteiger charge is 2.23. The number of thioether (sulfide) groups is 1. The first kappa shape index (κ1) is 16.8. The molecule has 1 aromatic heterocycles. The van der Waals surface area contributed by atoms with Gasteiger partial charge in [-0.05, 0) is 32.1 Å². The van der Waals surface area contributed by atoms with Gasteiger partial charge in [-0.25, -0.2) is 0 Å². The van der Waals surface area contributed by atoms with Gasteiger partial charge in [0.15, 0.2) is 5.16 Å². The SMILES string of the molecule is CCCc1nnc(SCC(=O)N2CCCC2)n1C[C@H]1CCCO1. The summed E-state index contributed by atoms with van der Waals surface area (Å²) in [5, 5.41) is 9.52. The molecule has 3 heterocycles. The third kappa shape index (κ3) is 4.26. The smallest absolute Gasteiger partial charge is 0.233 e. The zero-order valence-corrected chi connectivity index (χ0v) is 14.7. The first-order chi connectivity index (χ1) is 11.3. The molecule has 2 aliphatic rings. The standard InChI is InChI=1S/C16H26N4O2S/c1-2-6-14-17-18-16(20(14)11-13-7-5-10-22-13)23-12-15(21)19-8-3-4-9-19/h13H,2-12H2,1H3/t13-/m1/s1. The van der Waals surface area contributed by atoms with E-state index in [9.17, 15) is 4.79 Å². The zero-order chi connectivity index (χ0) is 16.1. The van der Waals surface area contributed by atoms with Crippen LogP contribution in [0.4, 0.5) is 0 Å². The number of hydrogen-bond acceptors (Lipinski definition) is 5. The number of carbonyl (C=O) groups excluding carboxylic acids is 1. The molecule has 3 rings (SSSR count). The number of amides is 1. The van der Waals surface area contributed by atoms with Crippen LogP contribution in [0.5, 0.6) is 0 Å². The minimum absolute atomic E-state index is 0.219. The van der Waals surface area contributed by atoms with E-state index in [0.717, 1.165) is 75.7 Å². The highest BCUT2D eigenvalue weighted by molar-refractivity contribution is 7.99. The van der Waals surface area contributed by atoms with Crippen LogP contribution in [-0.4, -0.2) is 57.1 Å². The molecule has 7 heteroatoms. The summed E-state index contributed by atoms with van der Waals surface area (Å²) in [6.07, 6.45) is 6.71. The van der Waals surface area contributed by atoms with Crippen molar-refractivity contribution in [2.75, 3.05) is 25.4 Å². The molecule has 2 saturated heterocycles. The van der Waals surface area contributed by atoms with E-state index in [1.165, 1.54) is 11.8 Å². The normalized spacial score (nSPS) is 21.3. The number of ether oxygens (including phenoxy) is 1. The lowest BCUT2D eigenvalue weighted by molar-refractivity contribution is -0.127. The number of nitrogens with zero attached hydrogens (tertiary/aromatic N) is 4. The van der Waals surface area contributed by atoms with E-state index < -0.39 is 0 Å². The van der Waals surface area contributed by atoms with Gasteiger partial charge in [0, 0.05) is 26.1 Å². The molecular weight excluding hydrogens is 312 g/mol. The summed E-state index contributed by atoms with van der Waals surface area (Å²) in [5.74, 6) is 1.69. The molecule has 2 aliphatic heterocycles. The van der Waals surface area contributed by atoms with Gasteiger partial charge in [-0.15, -0.1) is 10.2 Å². The van der Waals surface area contributed by atoms with E-state index in [-0.39, 0.29) is 12.0 Å². The Labute approximate surface area is 142 Å². The Bertz CT molecular complexity index is 522. The van der Waals surface area contributed by atoms with Gasteiger partial charge in [0.2, 0.25) is 5.91 Å². The van der Waals surface area contributed by atoms with E-state index in [2.05, 4.69) is 21.7 Å². The summed E-state index contributed by atoms with van der Waals surface area (Å²) in [6.45, 7) is 5.62. The van der Waals surface area contributed by atoms with E-state index in [1.807, 2.05) is 4.90 Å². The molecular formula is C16H26N4O2S. The molecule has 6 nitrogen and oxygen atoms in total. The second-order valence-electron chi connectivity index (χ2n) is 6.27. The topological polar surface area (TPSA) is 60.2 Å². The van der Waals surface area contributed by atoms with Crippen LogP contribution < -0.4 is 0 Å². The van der Waals surface area contributed by atoms with Gasteiger partial charge in [-0.2, -0.15) is 0 Å². The van der Waals surface area contributed by atoms with Gasteiger partial charge < -0.3 is 14.2 Å². The van der Waals surface area contributed by atoms with Crippen LogP contribution >= 0.6 is 11.8 Å². The van der Waals surface area contributed by atoms with Crippen molar-refractivity contribution in [3.8, 4) is 0 Å². The quantitative estimate of drug-likeness (QED) is 0.713. The first-order valence-electron chi connectivity index (χ1n) is 8.72. The lowest BCUT2D eigenvalue weighted by Gasteiger charge is -2.16. The Morgan fingerprint density at radius 1 is 1.30 bits per heavy atom. The number of rotatable bonds is 7. The molecule has 2 fully saturated rings. The van der Waals surface area contributed by atoms with Crippen molar-refractivity contribution in [1.82, 2.24) is 19.7 Å². The Kier molecular flexibility index (Phi) is 5.94. The van der Waals surface area contributed by atoms with E-state index >= 15 is 0 Å². The molecule has 0 spiro atoms. The molecule has 1 aromatic rings. The molecule has 0 radical (unpaired) electrons. The number of hydrogen-bond donors (Lipinski definition) is 0. The summed E-state index contributed by atoms with van der Waals surface area (Å²) in [7, 11) is 0. The maximum atomic E-state index is 12.2. The Morgan fingerprint density at radius 2 is 2.13 bits per heavy atom. The first-order valence-corrected chi connectivity index (χ1v) is 9.70. The van der Waals surface area contributed by atoms with Crippen LogP contribution in [0.15, 0.2) is 5.16 Å². The number of aromatic nitrogens is 3.